The molecule has 48 valence electrons. The minimum absolute atomic E-state index is 0.408. The first-order valence-electron chi connectivity index (χ1n) is 3.01. The summed E-state index contributed by atoms with van der Waals surface area (Å²) in [4.78, 5) is 0. The van der Waals surface area contributed by atoms with Gasteiger partial charge in [-0.2, -0.15) is 0 Å². The van der Waals surface area contributed by atoms with Crippen molar-refractivity contribution in [1.29, 1.82) is 0 Å². The minimum atomic E-state index is -0.984. The number of hydrogen-bond donors (Lipinski definition) is 0. The lowest BCUT2D eigenvalue weighted by molar-refractivity contribution is 0.246. The molecule has 0 spiro atoms. The first-order valence-corrected chi connectivity index (χ1v) is 3.01. The van der Waals surface area contributed by atoms with Crippen LogP contribution in [0.3, 0.4) is 0 Å². The lowest BCUT2D eigenvalue weighted by Gasteiger charge is -1.97. The van der Waals surface area contributed by atoms with Crippen LogP contribution in [-0.2, 0) is 4.74 Å². The van der Waals surface area contributed by atoms with Gasteiger partial charge in [-0.05, 0) is 13.3 Å². The number of halogens is 1. The number of alkyl halides is 1. The summed E-state index contributed by atoms with van der Waals surface area (Å²) in [5, 5.41) is 0. The molecule has 0 radical (unpaired) electrons. The number of ether oxygens (including phenoxy) is 1. The van der Waals surface area contributed by atoms with Gasteiger partial charge in [0.1, 0.15) is 5.60 Å². The van der Waals surface area contributed by atoms with E-state index in [1.54, 1.807) is 6.92 Å². The van der Waals surface area contributed by atoms with E-state index in [1.165, 1.54) is 0 Å². The molecule has 2 heteroatoms. The highest BCUT2D eigenvalue weighted by Gasteiger charge is 2.52. The van der Waals surface area contributed by atoms with Crippen LogP contribution in [0.1, 0.15) is 26.7 Å². The second kappa shape index (κ2) is 1.69. The van der Waals surface area contributed by atoms with Crippen molar-refractivity contribution in [3.8, 4) is 0 Å². The summed E-state index contributed by atoms with van der Waals surface area (Å²) in [7, 11) is 0. The average Bonchev–Trinajstić information content (AvgIpc) is 2.16. The predicted molar refractivity (Wildman–Crippen MR) is 29.3 cm³/mol. The Morgan fingerprint density at radius 1 is 1.75 bits per heavy atom. The molecule has 1 heterocycles. The molecule has 2 unspecified atom stereocenters. The van der Waals surface area contributed by atoms with Gasteiger partial charge in [0, 0.05) is 0 Å². The molecular weight excluding hydrogens is 107 g/mol. The van der Waals surface area contributed by atoms with Crippen molar-refractivity contribution in [2.75, 3.05) is 0 Å². The molecule has 0 aromatic heterocycles. The highest BCUT2D eigenvalue weighted by molar-refractivity contribution is 4.91. The Morgan fingerprint density at radius 3 is 2.38 bits per heavy atom. The Hall–Kier alpha value is -0.110. The zero-order valence-electron chi connectivity index (χ0n) is 5.28. The summed E-state index contributed by atoms with van der Waals surface area (Å²) in [6.07, 6.45) is 0.855. The van der Waals surface area contributed by atoms with Crippen LogP contribution in [0, 0.1) is 0 Å². The third-order valence-electron chi connectivity index (χ3n) is 1.54. The largest absolute Gasteiger partial charge is 0.334 e. The molecule has 0 aromatic rings. The molecule has 1 aliphatic rings. The lowest BCUT2D eigenvalue weighted by atomic mass is 10.1. The number of epoxide rings is 1. The maximum Gasteiger partial charge on any atom is 0.228 e. The molecule has 8 heavy (non-hydrogen) atoms. The molecule has 0 N–H and O–H groups in total. The zero-order valence-corrected chi connectivity index (χ0v) is 5.28. The molecule has 0 aliphatic carbocycles. The summed E-state index contributed by atoms with van der Waals surface area (Å²) in [6, 6.07) is 0. The van der Waals surface area contributed by atoms with Gasteiger partial charge < -0.3 is 4.74 Å². The lowest BCUT2D eigenvalue weighted by Crippen LogP contribution is -2.05. The van der Waals surface area contributed by atoms with Crippen LogP contribution < -0.4 is 0 Å². The number of rotatable bonds is 2. The molecule has 1 rings (SSSR count). The molecule has 1 saturated heterocycles. The Labute approximate surface area is 48.8 Å². The highest BCUT2D eigenvalue weighted by atomic mass is 19.2. The van der Waals surface area contributed by atoms with Crippen LogP contribution in [-0.4, -0.2) is 12.0 Å². The van der Waals surface area contributed by atoms with Crippen molar-refractivity contribution in [2.45, 2.75) is 38.6 Å². The fourth-order valence-corrected chi connectivity index (χ4v) is 0.871. The smallest absolute Gasteiger partial charge is 0.228 e. The van der Waals surface area contributed by atoms with Crippen molar-refractivity contribution < 1.29 is 9.13 Å². The fourth-order valence-electron chi connectivity index (χ4n) is 0.871. The minimum Gasteiger partial charge on any atom is -0.334 e. The van der Waals surface area contributed by atoms with E-state index in [0.29, 0.717) is 0 Å². The summed E-state index contributed by atoms with van der Waals surface area (Å²) < 4.78 is 16.8. The Balaban J connectivity index is 2.25. The Morgan fingerprint density at radius 2 is 2.25 bits per heavy atom. The second-order valence-electron chi connectivity index (χ2n) is 2.50. The van der Waals surface area contributed by atoms with Gasteiger partial charge in [-0.1, -0.05) is 13.3 Å². The van der Waals surface area contributed by atoms with Gasteiger partial charge in [-0.15, -0.1) is 0 Å². The van der Waals surface area contributed by atoms with Gasteiger partial charge in [0.2, 0.25) is 6.36 Å². The predicted octanol–water partition coefficient (Wildman–Crippen LogP) is 1.87. The van der Waals surface area contributed by atoms with Crippen molar-refractivity contribution >= 4 is 0 Å². The van der Waals surface area contributed by atoms with Gasteiger partial charge in [0.05, 0.1) is 0 Å². The van der Waals surface area contributed by atoms with Crippen LogP contribution in [0.2, 0.25) is 0 Å². The maximum atomic E-state index is 12.1. The topological polar surface area (TPSA) is 12.5 Å². The van der Waals surface area contributed by atoms with Crippen molar-refractivity contribution in [3.63, 3.8) is 0 Å². The molecule has 0 saturated carbocycles. The summed E-state index contributed by atoms with van der Waals surface area (Å²) >= 11 is 0. The van der Waals surface area contributed by atoms with E-state index in [1.807, 2.05) is 6.92 Å². The van der Waals surface area contributed by atoms with Crippen LogP contribution >= 0.6 is 0 Å². The number of hydrogen-bond acceptors (Lipinski definition) is 1. The van der Waals surface area contributed by atoms with E-state index in [0.717, 1.165) is 12.8 Å². The summed E-state index contributed by atoms with van der Waals surface area (Å²) in [5.41, 5.74) is -0.408. The molecule has 0 amide bonds. The molecule has 1 fully saturated rings. The van der Waals surface area contributed by atoms with E-state index in [4.69, 9.17) is 0 Å². The monoisotopic (exact) mass is 118 g/mol. The van der Waals surface area contributed by atoms with Gasteiger partial charge >= 0.3 is 0 Å². The highest BCUT2D eigenvalue weighted by Crippen LogP contribution is 2.40. The average molecular weight is 118 g/mol. The first-order chi connectivity index (χ1) is 3.69. The molecule has 1 aliphatic heterocycles. The quantitative estimate of drug-likeness (QED) is 0.504. The molecule has 0 aromatic carbocycles. The van der Waals surface area contributed by atoms with Crippen molar-refractivity contribution in [1.82, 2.24) is 0 Å². The van der Waals surface area contributed by atoms with Crippen LogP contribution in [0.5, 0.6) is 0 Å². The fraction of sp³-hybridized carbons (Fsp3) is 1.00. The summed E-state index contributed by atoms with van der Waals surface area (Å²) in [6.45, 7) is 3.83. The van der Waals surface area contributed by atoms with E-state index in [9.17, 15) is 4.39 Å². The standard InChI is InChI=1S/C6H11FO/c1-3-4-6(2)5(7)8-6/h5H,3-4H2,1-2H3. The SMILES string of the molecule is CCCC1(C)OC1F. The second-order valence-corrected chi connectivity index (χ2v) is 2.50. The first kappa shape index (κ1) is 6.02. The third kappa shape index (κ3) is 0.848. The molecule has 0 bridgehead atoms. The van der Waals surface area contributed by atoms with E-state index in [-0.39, 0.29) is 0 Å². The Bertz CT molecular complexity index is 94.5. The van der Waals surface area contributed by atoms with Crippen LogP contribution in [0.15, 0.2) is 0 Å². The van der Waals surface area contributed by atoms with E-state index < -0.39 is 12.0 Å². The molecular formula is C6H11FO. The van der Waals surface area contributed by atoms with Crippen LogP contribution in [0.25, 0.3) is 0 Å². The van der Waals surface area contributed by atoms with Gasteiger partial charge in [0.15, 0.2) is 0 Å². The summed E-state index contributed by atoms with van der Waals surface area (Å²) in [5.74, 6) is 0. The van der Waals surface area contributed by atoms with Gasteiger partial charge in [0.25, 0.3) is 0 Å². The molecule has 1 nitrogen and oxygen atoms in total. The van der Waals surface area contributed by atoms with Crippen molar-refractivity contribution in [3.05, 3.63) is 0 Å². The third-order valence-corrected chi connectivity index (χ3v) is 1.54. The van der Waals surface area contributed by atoms with Crippen LogP contribution in [0.4, 0.5) is 4.39 Å². The van der Waals surface area contributed by atoms with Gasteiger partial charge in [-0.3, -0.25) is 0 Å². The Kier molecular flexibility index (Phi) is 1.27. The van der Waals surface area contributed by atoms with Crippen molar-refractivity contribution in [2.24, 2.45) is 0 Å². The normalized spacial score (nSPS) is 44.6. The zero-order chi connectivity index (χ0) is 6.20. The van der Waals surface area contributed by atoms with E-state index in [2.05, 4.69) is 4.74 Å². The maximum absolute atomic E-state index is 12.1. The van der Waals surface area contributed by atoms with E-state index >= 15 is 0 Å². The molecule has 2 atom stereocenters. The van der Waals surface area contributed by atoms with Gasteiger partial charge in [-0.25, -0.2) is 4.39 Å².